The van der Waals surface area contributed by atoms with Gasteiger partial charge in [-0.3, -0.25) is 19.2 Å². The summed E-state index contributed by atoms with van der Waals surface area (Å²) in [5.41, 5.74) is 0. The zero-order chi connectivity index (χ0) is 18.4. The van der Waals surface area contributed by atoms with E-state index in [-0.39, 0.29) is 6.61 Å². The molecule has 10 heteroatoms. The van der Waals surface area contributed by atoms with E-state index in [4.69, 9.17) is 23.7 Å². The third-order valence-electron chi connectivity index (χ3n) is 2.91. The molecule has 0 saturated carbocycles. The smallest absolute Gasteiger partial charge is 0.304 e. The van der Waals surface area contributed by atoms with E-state index in [1.54, 1.807) is 0 Å². The third-order valence-corrected chi connectivity index (χ3v) is 4.21. The molecule has 24 heavy (non-hydrogen) atoms. The van der Waals surface area contributed by atoms with Crippen molar-refractivity contribution in [3.05, 3.63) is 0 Å². The van der Waals surface area contributed by atoms with Crippen molar-refractivity contribution in [1.82, 2.24) is 0 Å². The van der Waals surface area contributed by atoms with Crippen molar-refractivity contribution in [2.24, 2.45) is 0 Å². The number of hydrogen-bond donors (Lipinski definition) is 0. The predicted octanol–water partition coefficient (Wildman–Crippen LogP) is 0.504. The average molecular weight is 458 g/mol. The highest BCUT2D eigenvalue weighted by atomic mass is 127. The minimum absolute atomic E-state index is 0.258. The molecule has 1 rings (SSSR count). The second-order valence-corrected chi connectivity index (χ2v) is 6.49. The lowest BCUT2D eigenvalue weighted by Gasteiger charge is -2.42. The highest BCUT2D eigenvalue weighted by Gasteiger charge is 2.50. The van der Waals surface area contributed by atoms with Crippen LogP contribution in [0.4, 0.5) is 0 Å². The quantitative estimate of drug-likeness (QED) is 0.252. The second-order valence-electron chi connectivity index (χ2n) is 5.05. The molecule has 0 aromatic heterocycles. The molecule has 0 N–H and O–H groups in total. The molecule has 136 valence electrons. The standard InChI is InChI=1S/C14H19IO9/c1-6(16)20-5-10-12(21-7(2)17)13(22-8(3)18)11(15)14(24-10)23-9(4)19/h10-14H,5H2,1-4H3/t10-,11-,12+,13-,14+/m1/s1. The highest BCUT2D eigenvalue weighted by Crippen LogP contribution is 2.32. The molecule has 1 heterocycles. The van der Waals surface area contributed by atoms with Crippen molar-refractivity contribution in [1.29, 1.82) is 0 Å². The van der Waals surface area contributed by atoms with Gasteiger partial charge in [-0.1, -0.05) is 22.6 Å². The van der Waals surface area contributed by atoms with Crippen LogP contribution in [0.2, 0.25) is 0 Å². The SMILES string of the molecule is CC(=O)OC[C@H]1O[C@H](OC(C)=O)[C@H](I)[C@@H](OC(C)=O)[C@H]1OC(C)=O. The summed E-state index contributed by atoms with van der Waals surface area (Å²) in [5.74, 6) is -2.39. The topological polar surface area (TPSA) is 114 Å². The minimum atomic E-state index is -1.06. The van der Waals surface area contributed by atoms with Gasteiger partial charge in [0.15, 0.2) is 12.2 Å². The molecule has 0 aromatic rings. The van der Waals surface area contributed by atoms with E-state index in [9.17, 15) is 19.2 Å². The lowest BCUT2D eigenvalue weighted by atomic mass is 10.0. The Balaban J connectivity index is 3.08. The molecule has 0 radical (unpaired) electrons. The lowest BCUT2D eigenvalue weighted by molar-refractivity contribution is -0.254. The van der Waals surface area contributed by atoms with Gasteiger partial charge in [0.05, 0.1) is 0 Å². The fourth-order valence-electron chi connectivity index (χ4n) is 2.12. The Morgan fingerprint density at radius 3 is 1.79 bits per heavy atom. The van der Waals surface area contributed by atoms with Gasteiger partial charge in [0.25, 0.3) is 0 Å². The number of alkyl halides is 1. The zero-order valence-corrected chi connectivity index (χ0v) is 15.8. The summed E-state index contributed by atoms with van der Waals surface area (Å²) < 4.78 is 25.3. The van der Waals surface area contributed by atoms with E-state index in [0.29, 0.717) is 0 Å². The molecular weight excluding hydrogens is 439 g/mol. The van der Waals surface area contributed by atoms with Gasteiger partial charge < -0.3 is 23.7 Å². The molecule has 9 nitrogen and oxygen atoms in total. The van der Waals surface area contributed by atoms with E-state index >= 15 is 0 Å². The average Bonchev–Trinajstić information content (AvgIpc) is 2.42. The number of carbonyl (C=O) groups is 4. The number of rotatable bonds is 5. The van der Waals surface area contributed by atoms with Crippen LogP contribution in [0, 0.1) is 0 Å². The maximum absolute atomic E-state index is 11.4. The highest BCUT2D eigenvalue weighted by molar-refractivity contribution is 14.1. The normalized spacial score (nSPS) is 29.3. The van der Waals surface area contributed by atoms with Crippen molar-refractivity contribution >= 4 is 46.5 Å². The first-order chi connectivity index (χ1) is 11.1. The van der Waals surface area contributed by atoms with Crippen LogP contribution in [0.5, 0.6) is 0 Å². The van der Waals surface area contributed by atoms with Crippen LogP contribution in [0.3, 0.4) is 0 Å². The molecule has 1 aliphatic rings. The van der Waals surface area contributed by atoms with Gasteiger partial charge in [0.1, 0.15) is 16.6 Å². The number of ether oxygens (including phenoxy) is 5. The van der Waals surface area contributed by atoms with Crippen molar-refractivity contribution in [2.75, 3.05) is 6.61 Å². The van der Waals surface area contributed by atoms with Crippen LogP contribution >= 0.6 is 22.6 Å². The van der Waals surface area contributed by atoms with Crippen LogP contribution in [-0.4, -0.2) is 59.0 Å². The van der Waals surface area contributed by atoms with Gasteiger partial charge >= 0.3 is 23.9 Å². The largest absolute Gasteiger partial charge is 0.463 e. The molecule has 0 unspecified atom stereocenters. The first-order valence-electron chi connectivity index (χ1n) is 7.06. The number of hydrogen-bond acceptors (Lipinski definition) is 9. The van der Waals surface area contributed by atoms with Crippen LogP contribution in [0.15, 0.2) is 0 Å². The predicted molar refractivity (Wildman–Crippen MR) is 86.0 cm³/mol. The molecule has 0 bridgehead atoms. The Morgan fingerprint density at radius 1 is 0.833 bits per heavy atom. The summed E-state index contributed by atoms with van der Waals surface area (Å²) in [6.07, 6.45) is -3.97. The van der Waals surface area contributed by atoms with Gasteiger partial charge in [-0.15, -0.1) is 0 Å². The van der Waals surface area contributed by atoms with Crippen LogP contribution in [0.1, 0.15) is 27.7 Å². The molecule has 1 fully saturated rings. The van der Waals surface area contributed by atoms with Crippen molar-refractivity contribution < 1.29 is 42.9 Å². The van der Waals surface area contributed by atoms with Gasteiger partial charge in [0.2, 0.25) is 6.29 Å². The molecule has 0 spiro atoms. The van der Waals surface area contributed by atoms with Gasteiger partial charge in [-0.25, -0.2) is 0 Å². The molecule has 1 saturated heterocycles. The molecule has 5 atom stereocenters. The lowest BCUT2D eigenvalue weighted by Crippen LogP contribution is -2.60. The first-order valence-corrected chi connectivity index (χ1v) is 8.31. The van der Waals surface area contributed by atoms with Gasteiger partial charge in [-0.05, 0) is 0 Å². The number of carbonyl (C=O) groups excluding carboxylic acids is 4. The van der Waals surface area contributed by atoms with Crippen molar-refractivity contribution in [2.45, 2.75) is 56.2 Å². The van der Waals surface area contributed by atoms with E-state index < -0.39 is 52.4 Å². The van der Waals surface area contributed by atoms with E-state index in [0.717, 1.165) is 0 Å². The summed E-state index contributed by atoms with van der Waals surface area (Å²) >= 11 is 1.88. The van der Waals surface area contributed by atoms with E-state index in [1.807, 2.05) is 22.6 Å². The summed E-state index contributed by atoms with van der Waals surface area (Å²) in [7, 11) is 0. The summed E-state index contributed by atoms with van der Waals surface area (Å²) in [5, 5.41) is 0. The third kappa shape index (κ3) is 6.23. The van der Waals surface area contributed by atoms with Crippen LogP contribution < -0.4 is 0 Å². The van der Waals surface area contributed by atoms with Gasteiger partial charge in [0, 0.05) is 27.7 Å². The maximum atomic E-state index is 11.4. The number of halogens is 1. The monoisotopic (exact) mass is 458 g/mol. The van der Waals surface area contributed by atoms with E-state index in [1.165, 1.54) is 27.7 Å². The van der Waals surface area contributed by atoms with Crippen molar-refractivity contribution in [3.63, 3.8) is 0 Å². The molecule has 1 aliphatic heterocycles. The Bertz CT molecular complexity index is 490. The van der Waals surface area contributed by atoms with E-state index in [2.05, 4.69) is 0 Å². The minimum Gasteiger partial charge on any atom is -0.463 e. The Morgan fingerprint density at radius 2 is 1.33 bits per heavy atom. The Kier molecular flexibility index (Phi) is 7.87. The maximum Gasteiger partial charge on any atom is 0.304 e. The summed E-state index contributed by atoms with van der Waals surface area (Å²) in [4.78, 5) is 45.0. The zero-order valence-electron chi connectivity index (χ0n) is 13.6. The fraction of sp³-hybridized carbons (Fsp3) is 0.714. The Hall–Kier alpha value is -1.43. The van der Waals surface area contributed by atoms with Gasteiger partial charge in [-0.2, -0.15) is 0 Å². The molecule has 0 amide bonds. The van der Waals surface area contributed by atoms with Crippen LogP contribution in [-0.2, 0) is 42.9 Å². The molecule has 0 aromatic carbocycles. The summed E-state index contributed by atoms with van der Waals surface area (Å²) in [6, 6.07) is 0. The second kappa shape index (κ2) is 9.16. The fourth-order valence-corrected chi connectivity index (χ4v) is 2.99. The Labute approximate surface area is 152 Å². The first kappa shape index (κ1) is 20.6. The summed E-state index contributed by atoms with van der Waals surface area (Å²) in [6.45, 7) is 4.54. The van der Waals surface area contributed by atoms with Crippen molar-refractivity contribution in [3.8, 4) is 0 Å². The van der Waals surface area contributed by atoms with Crippen LogP contribution in [0.25, 0.3) is 0 Å². The molecular formula is C14H19IO9. The molecule has 0 aliphatic carbocycles. The number of esters is 4.